The summed E-state index contributed by atoms with van der Waals surface area (Å²) in [6.07, 6.45) is 0. The van der Waals surface area contributed by atoms with Crippen molar-refractivity contribution in [1.29, 1.82) is 0 Å². The fraction of sp³-hybridized carbons (Fsp3) is 0. The van der Waals surface area contributed by atoms with E-state index in [0.29, 0.717) is 0 Å². The molecule has 0 N–H and O–H groups in total. The molecule has 0 aliphatic rings. The molecule has 0 aromatic rings. The van der Waals surface area contributed by atoms with Crippen molar-refractivity contribution in [2.45, 2.75) is 0 Å². The molecule has 0 bridgehead atoms. The van der Waals surface area contributed by atoms with Crippen LogP contribution in [0.25, 0.3) is 0 Å². The zero-order chi connectivity index (χ0) is 3.58. The van der Waals surface area contributed by atoms with E-state index in [9.17, 15) is 10.7 Å². The Kier molecular flexibility index (Phi) is 13.1. The molecule has 5 heavy (non-hydrogen) atoms. The van der Waals surface area contributed by atoms with E-state index >= 15 is 0 Å². The molecule has 0 heterocycles. The molecule has 0 aromatic carbocycles. The van der Waals surface area contributed by atoms with E-state index in [-0.39, 0.29) is 68.9 Å². The van der Waals surface area contributed by atoms with Crippen molar-refractivity contribution in [2.24, 2.45) is 0 Å². The Morgan fingerprint density at radius 3 is 1.00 bits per heavy atom. The van der Waals surface area contributed by atoms with Gasteiger partial charge in [0.25, 0.3) is 0 Å². The van der Waals surface area contributed by atoms with Gasteiger partial charge in [0.15, 0.2) is 0 Å². The molecule has 0 unspecified atom stereocenters. The van der Waals surface area contributed by atoms with Crippen LogP contribution in [0.2, 0.25) is 0 Å². The van der Waals surface area contributed by atoms with Gasteiger partial charge in [-0.2, -0.15) is 0 Å². The summed E-state index contributed by atoms with van der Waals surface area (Å²) >= 11 is -4.10. The van der Waals surface area contributed by atoms with E-state index in [1.807, 2.05) is 0 Å². The van der Waals surface area contributed by atoms with Crippen LogP contribution in [-0.4, -0.2) is 68.9 Å². The van der Waals surface area contributed by atoms with Gasteiger partial charge in [-0.25, -0.2) is 0 Å². The second-order valence-corrected chi connectivity index (χ2v) is 0.589. The summed E-state index contributed by atoms with van der Waals surface area (Å²) in [6, 6.07) is 0. The van der Waals surface area contributed by atoms with Crippen molar-refractivity contribution >= 4 is 68.9 Å². The van der Waals surface area contributed by atoms with Crippen LogP contribution in [0.3, 0.4) is 0 Å². The van der Waals surface area contributed by atoms with Gasteiger partial charge in [-0.05, 0) is 0 Å². The molecule has 0 nitrogen and oxygen atoms in total. The van der Waals surface area contributed by atoms with Crippen molar-refractivity contribution in [3.63, 3.8) is 0 Å². The molecule has 0 spiro atoms. The minimum atomic E-state index is -4.10. The van der Waals surface area contributed by atoms with Crippen molar-refractivity contribution in [1.82, 2.24) is 0 Å². The Labute approximate surface area is 92.0 Å². The van der Waals surface area contributed by atoms with Crippen LogP contribution < -0.4 is 0 Å². The minimum absolute atomic E-state index is 0. The second kappa shape index (κ2) is 6.35. The summed E-state index contributed by atoms with van der Waals surface area (Å²) in [5.74, 6) is 0. The summed E-state index contributed by atoms with van der Waals surface area (Å²) in [7, 11) is 0. The molecular weight excluding hydrogens is 249 g/mol. The Hall–Kier alpha value is 2.35. The van der Waals surface area contributed by atoms with Crippen LogP contribution in [0.15, 0.2) is 0 Å². The molecular formula is CoCsF3. The van der Waals surface area contributed by atoms with Gasteiger partial charge in [0.05, 0.1) is 0 Å². The first kappa shape index (κ1) is 10.4. The summed E-state index contributed by atoms with van der Waals surface area (Å²) < 4.78 is 29.2. The Bertz CT molecular complexity index is 11.6. The first-order chi connectivity index (χ1) is 1.73. The van der Waals surface area contributed by atoms with E-state index in [2.05, 4.69) is 0 Å². The molecule has 31 valence electrons. The molecule has 1 radical (unpaired) electrons. The topological polar surface area (TPSA) is 0 Å². The first-order valence-electron chi connectivity index (χ1n) is 0.378. The molecule has 0 amide bonds. The van der Waals surface area contributed by atoms with E-state index in [1.54, 1.807) is 0 Å². The van der Waals surface area contributed by atoms with E-state index in [1.165, 1.54) is 0 Å². The predicted molar refractivity (Wildman–Crippen MR) is 9.08 cm³/mol. The van der Waals surface area contributed by atoms with Crippen molar-refractivity contribution < 1.29 is 25.7 Å². The maximum atomic E-state index is 9.73. The Morgan fingerprint density at radius 2 is 1.00 bits per heavy atom. The van der Waals surface area contributed by atoms with Gasteiger partial charge in [-0.1, -0.05) is 0 Å². The Balaban J connectivity index is 0. The van der Waals surface area contributed by atoms with Gasteiger partial charge in [0.2, 0.25) is 0 Å². The van der Waals surface area contributed by atoms with Crippen molar-refractivity contribution in [3.05, 3.63) is 0 Å². The number of hydrogen-bond acceptors (Lipinski definition) is 0. The van der Waals surface area contributed by atoms with Crippen LogP contribution in [0, 0.1) is 0 Å². The van der Waals surface area contributed by atoms with Gasteiger partial charge >= 0.3 is 25.7 Å². The monoisotopic (exact) mass is 249 g/mol. The summed E-state index contributed by atoms with van der Waals surface area (Å²) in [6.45, 7) is 0. The van der Waals surface area contributed by atoms with Crippen molar-refractivity contribution in [2.75, 3.05) is 0 Å². The van der Waals surface area contributed by atoms with Gasteiger partial charge in [-0.3, -0.25) is 0 Å². The predicted octanol–water partition coefficient (Wildman–Crippen LogP) is 0.877. The average Bonchev–Trinajstić information content (AvgIpc) is 0.811. The number of hydrogen-bond donors (Lipinski definition) is 0. The van der Waals surface area contributed by atoms with E-state index < -0.39 is 15.0 Å². The third-order valence-corrected chi connectivity index (χ3v) is 0. The molecule has 5 heteroatoms. The molecule has 0 aliphatic carbocycles. The van der Waals surface area contributed by atoms with Crippen LogP contribution in [0.1, 0.15) is 0 Å². The number of halogens is 3. The zero-order valence-electron chi connectivity index (χ0n) is 2.47. The van der Waals surface area contributed by atoms with Crippen LogP contribution in [0.4, 0.5) is 10.7 Å². The summed E-state index contributed by atoms with van der Waals surface area (Å²) in [5.41, 5.74) is 0. The molecule has 0 rings (SSSR count). The quantitative estimate of drug-likeness (QED) is 0.597. The van der Waals surface area contributed by atoms with Gasteiger partial charge < -0.3 is 0 Å². The molecule has 0 atom stereocenters. The second-order valence-electron chi connectivity index (χ2n) is 0.143. The molecule has 0 fully saturated rings. The van der Waals surface area contributed by atoms with Crippen molar-refractivity contribution in [3.8, 4) is 0 Å². The van der Waals surface area contributed by atoms with E-state index in [0.717, 1.165) is 0 Å². The van der Waals surface area contributed by atoms with Gasteiger partial charge in [0, 0.05) is 68.9 Å². The fourth-order valence-corrected chi connectivity index (χ4v) is 0. The van der Waals surface area contributed by atoms with E-state index in [4.69, 9.17) is 0 Å². The van der Waals surface area contributed by atoms with Gasteiger partial charge in [-0.15, -0.1) is 0 Å². The number of rotatable bonds is 0. The average molecular weight is 249 g/mol. The SMILES string of the molecule is [Cs].[F][Co]([F])[F]. The van der Waals surface area contributed by atoms with Crippen LogP contribution >= 0.6 is 0 Å². The van der Waals surface area contributed by atoms with Crippen LogP contribution in [-0.2, 0) is 15.0 Å². The molecule has 0 aliphatic heterocycles. The normalized spacial score (nSPS) is 9.00. The zero-order valence-corrected chi connectivity index (χ0v) is 9.79. The Morgan fingerprint density at radius 1 is 1.00 bits per heavy atom. The molecule has 0 saturated heterocycles. The molecule has 0 aromatic heterocycles. The third-order valence-electron chi connectivity index (χ3n) is 0. The van der Waals surface area contributed by atoms with Gasteiger partial charge in [0.1, 0.15) is 0 Å². The third kappa shape index (κ3) is 21.8. The molecule has 0 saturated carbocycles. The standard InChI is InChI=1S/Co.Cs.3FH/h;;3*1H/q+3;;;;/p-3. The van der Waals surface area contributed by atoms with Crippen LogP contribution in [0.5, 0.6) is 0 Å². The first-order valence-corrected chi connectivity index (χ1v) is 1.56. The summed E-state index contributed by atoms with van der Waals surface area (Å²) in [5, 5.41) is 0. The summed E-state index contributed by atoms with van der Waals surface area (Å²) in [4.78, 5) is 0. The fourth-order valence-electron chi connectivity index (χ4n) is 0. The maximum absolute atomic E-state index is 9.73.